The molecule has 1 heterocycles. The molecule has 166 valence electrons. The van der Waals surface area contributed by atoms with Crippen molar-refractivity contribution in [1.82, 2.24) is 0 Å². The maximum Gasteiger partial charge on any atom is 0.229 e. The van der Waals surface area contributed by atoms with Gasteiger partial charge >= 0.3 is 0 Å². The van der Waals surface area contributed by atoms with E-state index in [0.29, 0.717) is 12.2 Å². The lowest BCUT2D eigenvalue weighted by Gasteiger charge is -2.39. The molecule has 2 aromatic rings. The van der Waals surface area contributed by atoms with E-state index in [-0.39, 0.29) is 12.4 Å². The van der Waals surface area contributed by atoms with Gasteiger partial charge in [-0.3, -0.25) is 0 Å². The molecule has 1 fully saturated rings. The second-order valence-electron chi connectivity index (χ2n) is 7.61. The quantitative estimate of drug-likeness (QED) is 0.463. The highest BCUT2D eigenvalue weighted by atomic mass is 16.7. The van der Waals surface area contributed by atoms with Crippen molar-refractivity contribution < 1.29 is 39.7 Å². The average Bonchev–Trinajstić information content (AvgIpc) is 2.95. The molecule has 0 saturated carbocycles. The van der Waals surface area contributed by atoms with Gasteiger partial charge in [0.05, 0.1) is 20.3 Å². The van der Waals surface area contributed by atoms with Crippen LogP contribution in [0, 0.1) is 0 Å². The Hall–Kier alpha value is -2.46. The Balaban J connectivity index is 1.77. The number of fused-ring (bicyclic) bond motifs is 3. The van der Waals surface area contributed by atoms with Crippen molar-refractivity contribution in [2.24, 2.45) is 0 Å². The summed E-state index contributed by atoms with van der Waals surface area (Å²) in [6, 6.07) is 11.4. The minimum atomic E-state index is -1.55. The zero-order valence-electron chi connectivity index (χ0n) is 17.0. The molecule has 2 aromatic carbocycles. The number of aliphatic hydroxyl groups excluding tert-OH is 5. The van der Waals surface area contributed by atoms with Crippen molar-refractivity contribution in [2.45, 2.75) is 37.1 Å². The molecule has 1 saturated heterocycles. The van der Waals surface area contributed by atoms with Gasteiger partial charge in [-0.25, -0.2) is 0 Å². The fourth-order valence-electron chi connectivity index (χ4n) is 4.04. The molecule has 1 aliphatic heterocycles. The summed E-state index contributed by atoms with van der Waals surface area (Å²) in [5, 5.41) is 49.7. The minimum absolute atomic E-state index is 0.142. The van der Waals surface area contributed by atoms with E-state index in [1.165, 1.54) is 7.11 Å². The van der Waals surface area contributed by atoms with Gasteiger partial charge in [0.2, 0.25) is 6.29 Å². The highest BCUT2D eigenvalue weighted by Gasteiger charge is 2.45. The Bertz CT molecular complexity index is 970. The van der Waals surface area contributed by atoms with Gasteiger partial charge in [-0.05, 0) is 46.4 Å². The standard InChI is InChI=1S/C23H26O8/c1-29-17-8-15-13(10-24)7-6-12-4-2-3-5-14(12)16(15)9-18(17)30-23-22(28)21(27)20(26)19(11-25)31-23/h2-5,7-9,19-28H,6,10-11H2,1H3/t19-,20-,21+,22-,23-/m0/s1. The van der Waals surface area contributed by atoms with Crippen molar-refractivity contribution in [3.05, 3.63) is 53.6 Å². The van der Waals surface area contributed by atoms with E-state index < -0.39 is 37.3 Å². The second-order valence-corrected chi connectivity index (χ2v) is 7.61. The van der Waals surface area contributed by atoms with E-state index in [0.717, 1.165) is 27.8 Å². The normalized spacial score (nSPS) is 27.5. The van der Waals surface area contributed by atoms with Crippen LogP contribution in [0.5, 0.6) is 11.5 Å². The summed E-state index contributed by atoms with van der Waals surface area (Å²) >= 11 is 0. The third kappa shape index (κ3) is 3.94. The fourth-order valence-corrected chi connectivity index (χ4v) is 4.04. The largest absolute Gasteiger partial charge is 0.493 e. The molecule has 0 spiro atoms. The Morgan fingerprint density at radius 1 is 0.935 bits per heavy atom. The molecular formula is C23H26O8. The van der Waals surface area contributed by atoms with Gasteiger partial charge in [0.1, 0.15) is 24.4 Å². The minimum Gasteiger partial charge on any atom is -0.493 e. The van der Waals surface area contributed by atoms with E-state index in [9.17, 15) is 25.5 Å². The highest BCUT2D eigenvalue weighted by molar-refractivity contribution is 5.87. The molecule has 1 aliphatic carbocycles. The predicted octanol–water partition coefficient (Wildman–Crippen LogP) is 0.473. The topological polar surface area (TPSA) is 129 Å². The van der Waals surface area contributed by atoms with E-state index in [2.05, 4.69) is 0 Å². The fraction of sp³-hybridized carbons (Fsp3) is 0.391. The second kappa shape index (κ2) is 8.96. The van der Waals surface area contributed by atoms with Crippen molar-refractivity contribution in [1.29, 1.82) is 0 Å². The Labute approximate surface area is 179 Å². The molecule has 0 amide bonds. The first-order chi connectivity index (χ1) is 15.0. The smallest absolute Gasteiger partial charge is 0.229 e. The lowest BCUT2D eigenvalue weighted by atomic mass is 9.94. The van der Waals surface area contributed by atoms with Crippen molar-refractivity contribution in [3.8, 4) is 22.6 Å². The molecule has 0 bridgehead atoms. The Morgan fingerprint density at radius 3 is 2.39 bits per heavy atom. The monoisotopic (exact) mass is 430 g/mol. The van der Waals surface area contributed by atoms with Gasteiger partial charge in [-0.15, -0.1) is 0 Å². The first-order valence-electron chi connectivity index (χ1n) is 10.1. The summed E-state index contributed by atoms with van der Waals surface area (Å²) < 4.78 is 16.8. The maximum absolute atomic E-state index is 10.3. The van der Waals surface area contributed by atoms with Crippen molar-refractivity contribution in [2.75, 3.05) is 20.3 Å². The molecule has 0 radical (unpaired) electrons. The van der Waals surface area contributed by atoms with Gasteiger partial charge in [0.15, 0.2) is 11.5 Å². The van der Waals surface area contributed by atoms with Crippen LogP contribution >= 0.6 is 0 Å². The van der Waals surface area contributed by atoms with Crippen LogP contribution in [0.4, 0.5) is 0 Å². The number of aliphatic hydroxyl groups is 5. The molecule has 2 aliphatic rings. The Kier molecular flexibility index (Phi) is 6.29. The van der Waals surface area contributed by atoms with E-state index in [1.54, 1.807) is 12.1 Å². The van der Waals surface area contributed by atoms with Crippen LogP contribution in [0.1, 0.15) is 11.1 Å². The third-order valence-corrected chi connectivity index (χ3v) is 5.79. The molecule has 8 nitrogen and oxygen atoms in total. The first kappa shape index (κ1) is 21.8. The van der Waals surface area contributed by atoms with Crippen LogP contribution in [0.2, 0.25) is 0 Å². The SMILES string of the molecule is COc1cc2c(cc1O[C@H]1O[C@@H](CO)[C@H](O)[C@@H](O)[C@@H]1O)-c1ccccc1CC=C2CO. The maximum atomic E-state index is 10.3. The van der Waals surface area contributed by atoms with Gasteiger partial charge in [-0.2, -0.15) is 0 Å². The predicted molar refractivity (Wildman–Crippen MR) is 112 cm³/mol. The number of rotatable bonds is 5. The van der Waals surface area contributed by atoms with Crippen molar-refractivity contribution in [3.63, 3.8) is 0 Å². The van der Waals surface area contributed by atoms with Crippen LogP contribution in [0.15, 0.2) is 42.5 Å². The van der Waals surface area contributed by atoms with Crippen LogP contribution in [0.25, 0.3) is 16.7 Å². The number of hydrogen-bond donors (Lipinski definition) is 5. The summed E-state index contributed by atoms with van der Waals surface area (Å²) in [4.78, 5) is 0. The first-order valence-corrected chi connectivity index (χ1v) is 10.1. The lowest BCUT2D eigenvalue weighted by Crippen LogP contribution is -2.60. The van der Waals surface area contributed by atoms with E-state index in [4.69, 9.17) is 14.2 Å². The molecule has 5 atom stereocenters. The summed E-state index contributed by atoms with van der Waals surface area (Å²) in [5.41, 5.74) is 4.41. The van der Waals surface area contributed by atoms with Crippen LogP contribution < -0.4 is 9.47 Å². The van der Waals surface area contributed by atoms with Crippen LogP contribution in [-0.4, -0.2) is 76.6 Å². The summed E-state index contributed by atoms with van der Waals surface area (Å²) in [5.74, 6) is 0.592. The number of hydrogen-bond acceptors (Lipinski definition) is 8. The van der Waals surface area contributed by atoms with Crippen LogP contribution in [0.3, 0.4) is 0 Å². The summed E-state index contributed by atoms with van der Waals surface area (Å²) in [7, 11) is 1.47. The summed E-state index contributed by atoms with van der Waals surface area (Å²) in [6.07, 6.45) is -4.35. The van der Waals surface area contributed by atoms with E-state index >= 15 is 0 Å². The van der Waals surface area contributed by atoms with Gasteiger partial charge < -0.3 is 39.7 Å². The lowest BCUT2D eigenvalue weighted by molar-refractivity contribution is -0.277. The number of allylic oxidation sites excluding steroid dienone is 1. The molecule has 5 N–H and O–H groups in total. The zero-order chi connectivity index (χ0) is 22.1. The number of ether oxygens (including phenoxy) is 3. The molecule has 4 rings (SSSR count). The van der Waals surface area contributed by atoms with Crippen LogP contribution in [-0.2, 0) is 11.2 Å². The number of benzene rings is 2. The molecular weight excluding hydrogens is 404 g/mol. The molecule has 0 aromatic heterocycles. The Morgan fingerprint density at radius 2 is 1.68 bits per heavy atom. The van der Waals surface area contributed by atoms with Gasteiger partial charge in [0, 0.05) is 0 Å². The molecule has 0 unspecified atom stereocenters. The molecule has 31 heavy (non-hydrogen) atoms. The summed E-state index contributed by atoms with van der Waals surface area (Å²) in [6.45, 7) is -0.693. The average molecular weight is 430 g/mol. The van der Waals surface area contributed by atoms with E-state index in [1.807, 2.05) is 30.3 Å². The van der Waals surface area contributed by atoms with Gasteiger partial charge in [0.25, 0.3) is 0 Å². The zero-order valence-corrected chi connectivity index (χ0v) is 17.0. The number of methoxy groups -OCH3 is 1. The molecule has 8 heteroatoms. The van der Waals surface area contributed by atoms with Gasteiger partial charge in [-0.1, -0.05) is 30.3 Å². The van der Waals surface area contributed by atoms with Crippen molar-refractivity contribution >= 4 is 5.57 Å². The third-order valence-electron chi connectivity index (χ3n) is 5.79. The highest BCUT2D eigenvalue weighted by Crippen LogP contribution is 2.42.